The van der Waals surface area contributed by atoms with Gasteiger partial charge in [0.05, 0.1) is 32.5 Å². The lowest BCUT2D eigenvalue weighted by Gasteiger charge is -2.46. The summed E-state index contributed by atoms with van der Waals surface area (Å²) in [5.74, 6) is 1.58. The summed E-state index contributed by atoms with van der Waals surface area (Å²) in [5, 5.41) is 3.48. The van der Waals surface area contributed by atoms with Crippen LogP contribution in [0, 0.1) is 5.92 Å². The van der Waals surface area contributed by atoms with Crippen molar-refractivity contribution in [2.24, 2.45) is 5.92 Å². The van der Waals surface area contributed by atoms with E-state index >= 15 is 0 Å². The van der Waals surface area contributed by atoms with Gasteiger partial charge in [-0.2, -0.15) is 0 Å². The Morgan fingerprint density at radius 1 is 1.22 bits per heavy atom. The molecule has 4 rings (SSSR count). The molecule has 0 bridgehead atoms. The Labute approximate surface area is 174 Å². The Morgan fingerprint density at radius 2 is 2.04 bits per heavy atom. The van der Waals surface area contributed by atoms with E-state index in [2.05, 4.69) is 28.4 Å². The van der Waals surface area contributed by atoms with Crippen molar-refractivity contribution < 1.29 is 14.2 Å². The highest BCUT2D eigenvalue weighted by Crippen LogP contribution is 2.45. The van der Waals surface area contributed by atoms with Crippen molar-refractivity contribution in [3.8, 4) is 5.75 Å². The Morgan fingerprint density at radius 3 is 2.81 bits per heavy atom. The molecule has 2 fully saturated rings. The lowest BCUT2D eigenvalue weighted by Crippen LogP contribution is -2.48. The molecule has 3 aliphatic heterocycles. The zero-order valence-electron chi connectivity index (χ0n) is 16.1. The van der Waals surface area contributed by atoms with Gasteiger partial charge in [0.2, 0.25) is 0 Å². The van der Waals surface area contributed by atoms with Crippen molar-refractivity contribution in [1.29, 1.82) is 0 Å². The Bertz CT molecular complexity index is 572. The monoisotopic (exact) mass is 418 g/mol. The molecular weight excluding hydrogens is 387 g/mol. The number of fused-ring (bicyclic) bond motifs is 2. The van der Waals surface area contributed by atoms with E-state index < -0.39 is 0 Å². The minimum absolute atomic E-state index is 0. The van der Waals surface area contributed by atoms with Crippen LogP contribution in [0.1, 0.15) is 24.0 Å². The maximum atomic E-state index is 6.39. The Balaban J connectivity index is 0.00000131. The molecule has 3 aliphatic rings. The van der Waals surface area contributed by atoms with Crippen LogP contribution in [0.3, 0.4) is 0 Å². The lowest BCUT2D eigenvalue weighted by molar-refractivity contribution is -0.101. The number of piperidine rings is 1. The quantitative estimate of drug-likeness (QED) is 0.816. The zero-order chi connectivity index (χ0) is 17.1. The highest BCUT2D eigenvalue weighted by molar-refractivity contribution is 5.85. The van der Waals surface area contributed by atoms with Crippen molar-refractivity contribution >= 4 is 24.8 Å². The van der Waals surface area contributed by atoms with Crippen molar-refractivity contribution in [2.45, 2.75) is 24.9 Å². The first-order valence-electron chi connectivity index (χ1n) is 9.62. The number of nitrogens with zero attached hydrogens (tertiary/aromatic N) is 1. The number of hydrogen-bond acceptors (Lipinski definition) is 5. The average Bonchev–Trinajstić information content (AvgIpc) is 2.92. The third-order valence-corrected chi connectivity index (χ3v) is 5.93. The first kappa shape index (κ1) is 22.7. The molecule has 7 heteroatoms. The largest absolute Gasteiger partial charge is 0.496 e. The van der Waals surface area contributed by atoms with Crippen LogP contribution in [0.4, 0.5) is 0 Å². The Hall–Kier alpha value is -0.560. The molecule has 1 unspecified atom stereocenters. The molecular formula is C20H32Cl2N2O3. The molecule has 0 amide bonds. The van der Waals surface area contributed by atoms with Crippen molar-refractivity contribution in [2.75, 3.05) is 59.7 Å². The van der Waals surface area contributed by atoms with Gasteiger partial charge in [0.1, 0.15) is 5.75 Å². The number of hydrogen-bond donors (Lipinski definition) is 1. The first-order valence-corrected chi connectivity index (χ1v) is 9.62. The van der Waals surface area contributed by atoms with E-state index in [1.165, 1.54) is 11.1 Å². The van der Waals surface area contributed by atoms with E-state index in [0.717, 1.165) is 77.6 Å². The van der Waals surface area contributed by atoms with Crippen molar-refractivity contribution in [3.63, 3.8) is 0 Å². The van der Waals surface area contributed by atoms with Crippen LogP contribution in [0.15, 0.2) is 18.2 Å². The van der Waals surface area contributed by atoms with Crippen LogP contribution in [-0.2, 0) is 21.5 Å². The molecule has 2 saturated heterocycles. The molecule has 3 heterocycles. The molecule has 0 radical (unpaired) electrons. The van der Waals surface area contributed by atoms with Gasteiger partial charge >= 0.3 is 0 Å². The van der Waals surface area contributed by atoms with Gasteiger partial charge in [-0.3, -0.25) is 0 Å². The van der Waals surface area contributed by atoms with Gasteiger partial charge in [-0.15, -0.1) is 24.8 Å². The number of rotatable bonds is 3. The summed E-state index contributed by atoms with van der Waals surface area (Å²) in [5.41, 5.74) is 2.55. The van der Waals surface area contributed by atoms with Crippen molar-refractivity contribution in [3.05, 3.63) is 29.3 Å². The number of likely N-dealkylation sites (tertiary alicyclic amines) is 1. The summed E-state index contributed by atoms with van der Waals surface area (Å²) in [6.45, 7) is 7.84. The van der Waals surface area contributed by atoms with Gasteiger partial charge in [-0.1, -0.05) is 12.1 Å². The maximum Gasteiger partial charge on any atom is 0.125 e. The van der Waals surface area contributed by atoms with Crippen LogP contribution in [0.25, 0.3) is 0 Å². The molecule has 1 N–H and O–H groups in total. The molecule has 0 aromatic heterocycles. The van der Waals surface area contributed by atoms with E-state index in [4.69, 9.17) is 14.2 Å². The smallest absolute Gasteiger partial charge is 0.125 e. The SMILES string of the molecule is COc1cccc2c1C1(CCN(CC3CNCCOC3)CC1)OCC2.Cl.Cl. The molecule has 1 aromatic carbocycles. The van der Waals surface area contributed by atoms with Gasteiger partial charge in [-0.25, -0.2) is 0 Å². The van der Waals surface area contributed by atoms with Crippen LogP contribution >= 0.6 is 24.8 Å². The Kier molecular flexibility index (Phi) is 8.66. The second-order valence-corrected chi connectivity index (χ2v) is 7.53. The fourth-order valence-electron chi connectivity index (χ4n) is 4.63. The molecule has 1 atom stereocenters. The third-order valence-electron chi connectivity index (χ3n) is 5.93. The highest BCUT2D eigenvalue weighted by Gasteiger charge is 2.43. The molecule has 5 nitrogen and oxygen atoms in total. The summed E-state index contributed by atoms with van der Waals surface area (Å²) >= 11 is 0. The minimum Gasteiger partial charge on any atom is -0.496 e. The van der Waals surface area contributed by atoms with E-state index in [1.807, 2.05) is 0 Å². The van der Waals surface area contributed by atoms with Crippen molar-refractivity contribution in [1.82, 2.24) is 10.2 Å². The molecule has 0 saturated carbocycles. The first-order chi connectivity index (χ1) is 12.3. The van der Waals surface area contributed by atoms with Gasteiger partial charge < -0.3 is 24.4 Å². The number of benzene rings is 1. The van der Waals surface area contributed by atoms with Gasteiger partial charge in [0.25, 0.3) is 0 Å². The van der Waals surface area contributed by atoms with Crippen LogP contribution in [0.2, 0.25) is 0 Å². The predicted molar refractivity (Wildman–Crippen MR) is 112 cm³/mol. The minimum atomic E-state index is -0.158. The topological polar surface area (TPSA) is 43.0 Å². The van der Waals surface area contributed by atoms with E-state index in [-0.39, 0.29) is 30.4 Å². The lowest BCUT2D eigenvalue weighted by atomic mass is 9.78. The van der Waals surface area contributed by atoms with Gasteiger partial charge in [-0.05, 0) is 30.9 Å². The predicted octanol–water partition coefficient (Wildman–Crippen LogP) is 2.64. The average molecular weight is 419 g/mol. The molecule has 1 spiro atoms. The normalized spacial score (nSPS) is 24.9. The zero-order valence-corrected chi connectivity index (χ0v) is 17.7. The number of nitrogens with one attached hydrogen (secondary N) is 1. The van der Waals surface area contributed by atoms with E-state index in [9.17, 15) is 0 Å². The van der Waals surface area contributed by atoms with Gasteiger partial charge in [0.15, 0.2) is 0 Å². The van der Waals surface area contributed by atoms with Crippen LogP contribution < -0.4 is 10.1 Å². The van der Waals surface area contributed by atoms with Crippen LogP contribution in [-0.4, -0.2) is 64.6 Å². The maximum absolute atomic E-state index is 6.39. The summed E-state index contributed by atoms with van der Waals surface area (Å²) in [6.07, 6.45) is 3.08. The van der Waals surface area contributed by atoms with Crippen LogP contribution in [0.5, 0.6) is 5.75 Å². The molecule has 0 aliphatic carbocycles. The second-order valence-electron chi connectivity index (χ2n) is 7.53. The van der Waals surface area contributed by atoms with E-state index in [1.54, 1.807) is 7.11 Å². The fraction of sp³-hybridized carbons (Fsp3) is 0.700. The van der Waals surface area contributed by atoms with Gasteiger partial charge in [0, 0.05) is 44.2 Å². The molecule has 154 valence electrons. The highest BCUT2D eigenvalue weighted by atomic mass is 35.5. The number of halogens is 2. The number of ether oxygens (including phenoxy) is 3. The summed E-state index contributed by atoms with van der Waals surface area (Å²) < 4.78 is 17.8. The third kappa shape index (κ3) is 4.89. The summed E-state index contributed by atoms with van der Waals surface area (Å²) in [6, 6.07) is 6.42. The van der Waals surface area contributed by atoms with E-state index in [0.29, 0.717) is 5.92 Å². The number of methoxy groups -OCH3 is 1. The molecule has 1 aromatic rings. The standard InChI is InChI=1S/C20H30N2O3.2ClH/c1-23-18-4-2-3-17-5-11-25-20(19(17)18)6-9-22(10-7-20)14-16-13-21-8-12-24-15-16;;/h2-4,16,21H,5-15H2,1H3;2*1H. The fourth-order valence-corrected chi connectivity index (χ4v) is 4.63. The summed E-state index contributed by atoms with van der Waals surface area (Å²) in [7, 11) is 1.77. The molecule has 27 heavy (non-hydrogen) atoms. The second kappa shape index (κ2) is 10.3. The summed E-state index contributed by atoms with van der Waals surface area (Å²) in [4.78, 5) is 2.58.